The van der Waals surface area contributed by atoms with Crippen LogP contribution in [0, 0.1) is 0 Å². The fraction of sp³-hybridized carbons (Fsp3) is 0. The van der Waals surface area contributed by atoms with Gasteiger partial charge in [-0.25, -0.2) is 0 Å². The molecule has 0 fully saturated rings. The summed E-state index contributed by atoms with van der Waals surface area (Å²) in [5, 5.41) is 24.3. The summed E-state index contributed by atoms with van der Waals surface area (Å²) in [5.41, 5.74) is 5.21. The molecule has 0 unspecified atom stereocenters. The zero-order valence-corrected chi connectivity index (χ0v) is 26.0. The van der Waals surface area contributed by atoms with E-state index in [1.807, 2.05) is 155 Å². The second-order valence-corrected chi connectivity index (χ2v) is 8.95. The molecule has 0 spiro atoms. The van der Waals surface area contributed by atoms with Gasteiger partial charge in [-0.3, -0.25) is 0 Å². The molecule has 6 heteroatoms. The Kier molecular flexibility index (Phi) is 12.4. The van der Waals surface area contributed by atoms with Gasteiger partial charge >= 0.3 is 26.2 Å². The minimum atomic E-state index is 0. The third kappa shape index (κ3) is 7.91. The molecule has 6 rings (SSSR count). The average molecular weight is 647 g/mol. The van der Waals surface area contributed by atoms with E-state index in [4.69, 9.17) is 0 Å². The maximum absolute atomic E-state index is 12.2. The van der Waals surface area contributed by atoms with Crippen LogP contribution in [-0.4, -0.2) is 0 Å². The van der Waals surface area contributed by atoms with Crippen LogP contribution in [0.15, 0.2) is 170 Å². The van der Waals surface area contributed by atoms with E-state index < -0.39 is 0 Å². The van der Waals surface area contributed by atoms with Gasteiger partial charge in [0.25, 0.3) is 0 Å². The molecule has 42 heavy (non-hydrogen) atoms. The molecule has 4 nitrogen and oxygen atoms in total. The topological polar surface area (TPSA) is 52.6 Å². The first-order valence-corrected chi connectivity index (χ1v) is 13.0. The van der Waals surface area contributed by atoms with Gasteiger partial charge in [-0.1, -0.05) is 121 Å². The normalized spacial score (nSPS) is 9.71. The number of hydrogen-bond acceptors (Lipinski definition) is 4. The number of benzene rings is 6. The monoisotopic (exact) mass is 645 g/mol. The Hall–Kier alpha value is -4.31. The van der Waals surface area contributed by atoms with Crippen molar-refractivity contribution < 1.29 is 48.8 Å². The van der Waals surface area contributed by atoms with Crippen molar-refractivity contribution in [2.24, 2.45) is 0 Å². The summed E-state index contributed by atoms with van der Waals surface area (Å²) >= 11 is 0. The summed E-state index contributed by atoms with van der Waals surface area (Å²) < 4.78 is 0. The van der Waals surface area contributed by atoms with Crippen molar-refractivity contribution in [1.82, 2.24) is 0 Å². The van der Waals surface area contributed by atoms with Crippen molar-refractivity contribution >= 4 is 34.1 Å². The fourth-order valence-electron chi connectivity index (χ4n) is 4.45. The molecule has 0 aliphatic heterocycles. The molecule has 0 N–H and O–H groups in total. The first kappa shape index (κ1) is 32.2. The van der Waals surface area contributed by atoms with Crippen LogP contribution < -0.4 is 32.4 Å². The summed E-state index contributed by atoms with van der Waals surface area (Å²) in [6.45, 7) is 0. The summed E-state index contributed by atoms with van der Waals surface area (Å²) in [5.74, 6) is 0.0282. The molecule has 0 saturated heterocycles. The number of hydrogen-bond donors (Lipinski definition) is 0. The second-order valence-electron chi connectivity index (χ2n) is 8.95. The van der Waals surface area contributed by atoms with Crippen LogP contribution in [0.4, 0.5) is 34.1 Å². The van der Waals surface area contributed by atoms with Gasteiger partial charge in [-0.15, -0.1) is 0 Å². The predicted molar refractivity (Wildman–Crippen MR) is 161 cm³/mol. The third-order valence-electron chi connectivity index (χ3n) is 6.27. The molecule has 0 saturated carbocycles. The van der Waals surface area contributed by atoms with Crippen LogP contribution in [0.2, 0.25) is 0 Å². The van der Waals surface area contributed by atoms with E-state index >= 15 is 0 Å². The van der Waals surface area contributed by atoms with Crippen molar-refractivity contribution in [1.29, 1.82) is 0 Å². The standard InChI is InChI=1S/2C18H15NO.ClH.Zr/c2*20-18-14-8-7-13-17(18)19(15-9-3-1-4-10-15)16-11-5-2-6-12-16;;/h2*1-14,20H;1H;/q;;;+3/p-3. The Bertz CT molecular complexity index is 1420. The van der Waals surface area contributed by atoms with Crippen LogP contribution in [0.1, 0.15) is 0 Å². The van der Waals surface area contributed by atoms with Gasteiger partial charge in [0, 0.05) is 34.1 Å². The van der Waals surface area contributed by atoms with E-state index in [1.165, 1.54) is 0 Å². The van der Waals surface area contributed by atoms with Crippen molar-refractivity contribution in [3.8, 4) is 11.5 Å². The zero-order valence-electron chi connectivity index (χ0n) is 22.8. The molecule has 1 radical (unpaired) electrons. The van der Waals surface area contributed by atoms with Crippen LogP contribution in [0.5, 0.6) is 11.5 Å². The molecule has 0 bridgehead atoms. The van der Waals surface area contributed by atoms with Gasteiger partial charge in [-0.05, 0) is 60.7 Å². The van der Waals surface area contributed by atoms with Gasteiger partial charge in [0.05, 0.1) is 0 Å². The Labute approximate surface area is 272 Å². The van der Waals surface area contributed by atoms with E-state index in [1.54, 1.807) is 24.3 Å². The number of halogens is 1. The molecular weight excluding hydrogens is 619 g/mol. The van der Waals surface area contributed by atoms with E-state index in [0.29, 0.717) is 11.4 Å². The molecule has 0 amide bonds. The molecule has 6 aromatic carbocycles. The molecule has 0 aromatic heterocycles. The number of rotatable bonds is 6. The molecule has 0 atom stereocenters. The zero-order chi connectivity index (χ0) is 27.6. The molecular formula is C36H28ClN2O2Zr. The third-order valence-corrected chi connectivity index (χ3v) is 6.27. The van der Waals surface area contributed by atoms with Gasteiger partial charge < -0.3 is 32.4 Å². The molecule has 6 aromatic rings. The summed E-state index contributed by atoms with van der Waals surface area (Å²) in [6.07, 6.45) is 0. The smallest absolute Gasteiger partial charge is 1.00 e. The van der Waals surface area contributed by atoms with E-state index in [2.05, 4.69) is 0 Å². The Morgan fingerprint density at radius 2 is 0.524 bits per heavy atom. The van der Waals surface area contributed by atoms with Crippen LogP contribution >= 0.6 is 0 Å². The quantitative estimate of drug-likeness (QED) is 0.241. The van der Waals surface area contributed by atoms with Crippen LogP contribution in [0.25, 0.3) is 0 Å². The van der Waals surface area contributed by atoms with Gasteiger partial charge in [0.1, 0.15) is 0 Å². The number of nitrogens with zero attached hydrogens (tertiary/aromatic N) is 2. The molecule has 0 aliphatic carbocycles. The Morgan fingerprint density at radius 3 is 0.762 bits per heavy atom. The second kappa shape index (κ2) is 16.2. The SMILES string of the molecule is [Cl-].[O-]c1ccccc1N(c1ccccc1)c1ccccc1.[O-]c1ccccc1N(c1ccccc1)c1ccccc1.[Zr+3]. The van der Waals surface area contributed by atoms with Crippen molar-refractivity contribution in [3.05, 3.63) is 170 Å². The van der Waals surface area contributed by atoms with Crippen molar-refractivity contribution in [2.75, 3.05) is 9.80 Å². The number of anilines is 6. The summed E-state index contributed by atoms with van der Waals surface area (Å²) in [6, 6.07) is 53.8. The van der Waals surface area contributed by atoms with Crippen LogP contribution in [0.3, 0.4) is 0 Å². The molecule has 0 heterocycles. The molecule has 205 valence electrons. The first-order valence-electron chi connectivity index (χ1n) is 13.0. The van der Waals surface area contributed by atoms with Gasteiger partial charge in [0.2, 0.25) is 0 Å². The Morgan fingerprint density at radius 1 is 0.310 bits per heavy atom. The minimum absolute atomic E-state index is 0. The van der Waals surface area contributed by atoms with E-state index in [-0.39, 0.29) is 50.1 Å². The maximum Gasteiger partial charge on any atom is 3.00 e. The first-order chi connectivity index (χ1) is 19.7. The summed E-state index contributed by atoms with van der Waals surface area (Å²) in [4.78, 5) is 3.95. The Balaban J connectivity index is 0.000000220. The molecule has 0 aliphatic rings. The van der Waals surface area contributed by atoms with Crippen molar-refractivity contribution in [3.63, 3.8) is 0 Å². The maximum atomic E-state index is 12.2. The van der Waals surface area contributed by atoms with E-state index in [9.17, 15) is 10.2 Å². The fourth-order valence-corrected chi connectivity index (χ4v) is 4.45. The van der Waals surface area contributed by atoms with Crippen molar-refractivity contribution in [2.45, 2.75) is 0 Å². The van der Waals surface area contributed by atoms with Crippen LogP contribution in [-0.2, 0) is 26.2 Å². The predicted octanol–water partition coefficient (Wildman–Crippen LogP) is 5.46. The number of para-hydroxylation sites is 8. The van der Waals surface area contributed by atoms with E-state index in [0.717, 1.165) is 22.7 Å². The van der Waals surface area contributed by atoms with Gasteiger partial charge in [0.15, 0.2) is 0 Å². The van der Waals surface area contributed by atoms with Gasteiger partial charge in [-0.2, -0.15) is 0 Å². The largest absolute Gasteiger partial charge is 3.00 e. The average Bonchev–Trinajstić information content (AvgIpc) is 3.02. The summed E-state index contributed by atoms with van der Waals surface area (Å²) in [7, 11) is 0. The minimum Gasteiger partial charge on any atom is -1.00 e.